The van der Waals surface area contributed by atoms with Crippen LogP contribution >= 0.6 is 0 Å². The molecule has 1 rings (SSSR count). The monoisotopic (exact) mass is 215 g/mol. The topological polar surface area (TPSA) is 69.6 Å². The van der Waals surface area contributed by atoms with Crippen molar-refractivity contribution in [2.24, 2.45) is 5.92 Å². The van der Waals surface area contributed by atoms with Gasteiger partial charge in [0, 0.05) is 31.6 Å². The molecule has 3 N–H and O–H groups in total. The summed E-state index contributed by atoms with van der Waals surface area (Å²) in [6.07, 6.45) is 5.14. The molecule has 1 fully saturated rings. The van der Waals surface area contributed by atoms with Crippen molar-refractivity contribution in [2.75, 3.05) is 13.2 Å². The van der Waals surface area contributed by atoms with E-state index in [-0.39, 0.29) is 31.1 Å². The third-order valence-electron chi connectivity index (χ3n) is 3.05. The van der Waals surface area contributed by atoms with Crippen LogP contribution in [-0.2, 0) is 4.79 Å². The van der Waals surface area contributed by atoms with E-state index in [1.165, 1.54) is 0 Å². The summed E-state index contributed by atoms with van der Waals surface area (Å²) < 4.78 is 0. The van der Waals surface area contributed by atoms with E-state index >= 15 is 0 Å². The molecular weight excluding hydrogens is 194 g/mol. The highest BCUT2D eigenvalue weighted by Crippen LogP contribution is 2.23. The zero-order valence-electron chi connectivity index (χ0n) is 9.11. The van der Waals surface area contributed by atoms with Gasteiger partial charge in [0.25, 0.3) is 0 Å². The summed E-state index contributed by atoms with van der Waals surface area (Å²) in [5, 5.41) is 20.7. The third-order valence-corrected chi connectivity index (χ3v) is 3.05. The lowest BCUT2D eigenvalue weighted by atomic mass is 9.85. The first kappa shape index (κ1) is 12.5. The SMILES string of the molecule is O=C(CCCO)NC1CCCCC1CO. The molecule has 2 atom stereocenters. The van der Waals surface area contributed by atoms with E-state index in [9.17, 15) is 4.79 Å². The standard InChI is InChI=1S/C11H21NO3/c13-7-3-6-11(15)12-10-5-2-1-4-9(10)8-14/h9-10,13-14H,1-8H2,(H,12,15). The van der Waals surface area contributed by atoms with E-state index in [0.717, 1.165) is 25.7 Å². The highest BCUT2D eigenvalue weighted by atomic mass is 16.3. The summed E-state index contributed by atoms with van der Waals surface area (Å²) in [5.41, 5.74) is 0. The highest BCUT2D eigenvalue weighted by Gasteiger charge is 2.25. The predicted octanol–water partition coefficient (Wildman–Crippen LogP) is 0.426. The lowest BCUT2D eigenvalue weighted by Crippen LogP contribution is -2.43. The first-order chi connectivity index (χ1) is 7.27. The molecule has 0 aromatic carbocycles. The lowest BCUT2D eigenvalue weighted by Gasteiger charge is -2.30. The minimum Gasteiger partial charge on any atom is -0.396 e. The Hall–Kier alpha value is -0.610. The second-order valence-corrected chi connectivity index (χ2v) is 4.23. The van der Waals surface area contributed by atoms with Crippen molar-refractivity contribution in [3.05, 3.63) is 0 Å². The van der Waals surface area contributed by atoms with E-state index in [1.54, 1.807) is 0 Å². The van der Waals surface area contributed by atoms with Crippen molar-refractivity contribution in [3.8, 4) is 0 Å². The van der Waals surface area contributed by atoms with Crippen LogP contribution in [0.15, 0.2) is 0 Å². The van der Waals surface area contributed by atoms with Gasteiger partial charge >= 0.3 is 0 Å². The van der Waals surface area contributed by atoms with Gasteiger partial charge in [-0.15, -0.1) is 0 Å². The van der Waals surface area contributed by atoms with Crippen molar-refractivity contribution in [2.45, 2.75) is 44.6 Å². The molecule has 0 aliphatic heterocycles. The Morgan fingerprint density at radius 1 is 1.27 bits per heavy atom. The van der Waals surface area contributed by atoms with Gasteiger partial charge in [0.2, 0.25) is 5.91 Å². The normalized spacial score (nSPS) is 26.3. The molecule has 0 saturated heterocycles. The number of amides is 1. The summed E-state index contributed by atoms with van der Waals surface area (Å²) in [5.74, 6) is 0.214. The van der Waals surface area contributed by atoms with Crippen LogP contribution in [0.4, 0.5) is 0 Å². The summed E-state index contributed by atoms with van der Waals surface area (Å²) >= 11 is 0. The third kappa shape index (κ3) is 4.18. The molecule has 1 saturated carbocycles. The van der Waals surface area contributed by atoms with Crippen LogP contribution in [0, 0.1) is 5.92 Å². The Bertz CT molecular complexity index is 196. The zero-order chi connectivity index (χ0) is 11.1. The van der Waals surface area contributed by atoms with Gasteiger partial charge in [-0.05, 0) is 19.3 Å². The number of rotatable bonds is 5. The number of carbonyl (C=O) groups excluding carboxylic acids is 1. The summed E-state index contributed by atoms with van der Waals surface area (Å²) in [6.45, 7) is 0.215. The number of aliphatic hydroxyl groups is 2. The Morgan fingerprint density at radius 3 is 2.67 bits per heavy atom. The molecule has 0 aromatic heterocycles. The lowest BCUT2D eigenvalue weighted by molar-refractivity contribution is -0.122. The minimum atomic E-state index is -0.00519. The van der Waals surface area contributed by atoms with Crippen molar-refractivity contribution >= 4 is 5.91 Å². The Kier molecular flexibility index (Phi) is 5.65. The van der Waals surface area contributed by atoms with Gasteiger partial charge in [0.05, 0.1) is 0 Å². The molecule has 0 spiro atoms. The quantitative estimate of drug-likeness (QED) is 0.622. The molecule has 0 bridgehead atoms. The number of nitrogens with one attached hydrogen (secondary N) is 1. The van der Waals surface area contributed by atoms with Crippen LogP contribution in [0.3, 0.4) is 0 Å². The van der Waals surface area contributed by atoms with Crippen LogP contribution in [-0.4, -0.2) is 35.4 Å². The van der Waals surface area contributed by atoms with E-state index in [0.29, 0.717) is 12.8 Å². The molecule has 0 heterocycles. The van der Waals surface area contributed by atoms with Crippen molar-refractivity contribution < 1.29 is 15.0 Å². The molecule has 15 heavy (non-hydrogen) atoms. The van der Waals surface area contributed by atoms with Gasteiger partial charge < -0.3 is 15.5 Å². The average molecular weight is 215 g/mol. The molecule has 0 radical (unpaired) electrons. The maximum absolute atomic E-state index is 11.4. The van der Waals surface area contributed by atoms with Crippen LogP contribution in [0.5, 0.6) is 0 Å². The van der Waals surface area contributed by atoms with Gasteiger partial charge in [-0.25, -0.2) is 0 Å². The summed E-state index contributed by atoms with van der Waals surface area (Å²) in [4.78, 5) is 11.4. The van der Waals surface area contributed by atoms with Gasteiger partial charge in [0.1, 0.15) is 0 Å². The van der Waals surface area contributed by atoms with Crippen LogP contribution in [0.1, 0.15) is 38.5 Å². The zero-order valence-corrected chi connectivity index (χ0v) is 9.11. The molecule has 0 aromatic rings. The fourth-order valence-electron chi connectivity index (χ4n) is 2.13. The highest BCUT2D eigenvalue weighted by molar-refractivity contribution is 5.76. The van der Waals surface area contributed by atoms with Crippen molar-refractivity contribution in [1.29, 1.82) is 0 Å². The Balaban J connectivity index is 2.30. The van der Waals surface area contributed by atoms with Gasteiger partial charge in [-0.2, -0.15) is 0 Å². The van der Waals surface area contributed by atoms with Crippen molar-refractivity contribution in [1.82, 2.24) is 5.32 Å². The molecule has 1 aliphatic carbocycles. The minimum absolute atomic E-state index is 0.00519. The van der Waals surface area contributed by atoms with E-state index in [2.05, 4.69) is 5.32 Å². The molecule has 4 heteroatoms. The number of hydrogen-bond donors (Lipinski definition) is 3. The first-order valence-electron chi connectivity index (χ1n) is 5.79. The van der Waals surface area contributed by atoms with E-state index in [4.69, 9.17) is 10.2 Å². The van der Waals surface area contributed by atoms with Gasteiger partial charge in [0.15, 0.2) is 0 Å². The molecule has 1 aliphatic rings. The Morgan fingerprint density at radius 2 is 2.00 bits per heavy atom. The molecule has 4 nitrogen and oxygen atoms in total. The van der Waals surface area contributed by atoms with Crippen LogP contribution in [0.25, 0.3) is 0 Å². The summed E-state index contributed by atoms with van der Waals surface area (Å²) in [6, 6.07) is 0.134. The number of carbonyl (C=O) groups is 1. The fraction of sp³-hybridized carbons (Fsp3) is 0.909. The Labute approximate surface area is 90.7 Å². The van der Waals surface area contributed by atoms with E-state index < -0.39 is 0 Å². The van der Waals surface area contributed by atoms with E-state index in [1.807, 2.05) is 0 Å². The second kappa shape index (κ2) is 6.80. The molecule has 1 amide bonds. The van der Waals surface area contributed by atoms with Gasteiger partial charge in [-0.1, -0.05) is 12.8 Å². The summed E-state index contributed by atoms with van der Waals surface area (Å²) in [7, 11) is 0. The molecule has 88 valence electrons. The first-order valence-corrected chi connectivity index (χ1v) is 5.79. The molecule has 2 unspecified atom stereocenters. The van der Waals surface area contributed by atoms with Crippen molar-refractivity contribution in [3.63, 3.8) is 0 Å². The largest absolute Gasteiger partial charge is 0.396 e. The maximum atomic E-state index is 11.4. The smallest absolute Gasteiger partial charge is 0.220 e. The van der Waals surface area contributed by atoms with Crippen LogP contribution < -0.4 is 5.32 Å². The maximum Gasteiger partial charge on any atom is 0.220 e. The predicted molar refractivity (Wildman–Crippen MR) is 57.3 cm³/mol. The van der Waals surface area contributed by atoms with Crippen LogP contribution in [0.2, 0.25) is 0 Å². The fourth-order valence-corrected chi connectivity index (χ4v) is 2.13. The van der Waals surface area contributed by atoms with Gasteiger partial charge in [-0.3, -0.25) is 4.79 Å². The number of hydrogen-bond acceptors (Lipinski definition) is 3. The second-order valence-electron chi connectivity index (χ2n) is 4.23. The molecular formula is C11H21NO3. The number of aliphatic hydroxyl groups excluding tert-OH is 2. The average Bonchev–Trinajstić information content (AvgIpc) is 2.27.